The van der Waals surface area contributed by atoms with Gasteiger partial charge in [-0.3, -0.25) is 4.79 Å². The number of hydrogen-bond acceptors (Lipinski definition) is 5. The summed E-state index contributed by atoms with van der Waals surface area (Å²) in [7, 11) is 1.54. The van der Waals surface area contributed by atoms with Crippen molar-refractivity contribution in [2.24, 2.45) is 0 Å². The van der Waals surface area contributed by atoms with Gasteiger partial charge in [-0.05, 0) is 24.3 Å². The van der Waals surface area contributed by atoms with Crippen molar-refractivity contribution < 1.29 is 29.3 Å². The van der Waals surface area contributed by atoms with E-state index in [9.17, 15) is 9.59 Å². The Hall–Kier alpha value is -2.28. The van der Waals surface area contributed by atoms with Gasteiger partial charge in [-0.25, -0.2) is 4.79 Å². The fourth-order valence-corrected chi connectivity index (χ4v) is 1.44. The Morgan fingerprint density at radius 1 is 1.25 bits per heavy atom. The van der Waals surface area contributed by atoms with Gasteiger partial charge in [-0.2, -0.15) is 0 Å². The monoisotopic (exact) mass is 283 g/mol. The highest BCUT2D eigenvalue weighted by Crippen LogP contribution is 2.16. The van der Waals surface area contributed by atoms with Crippen LogP contribution in [0.3, 0.4) is 0 Å². The van der Waals surface area contributed by atoms with Gasteiger partial charge in [0.2, 0.25) is 0 Å². The second-order valence-corrected chi connectivity index (χ2v) is 3.93. The second kappa shape index (κ2) is 8.00. The first-order chi connectivity index (χ1) is 9.56. The Morgan fingerprint density at radius 2 is 1.85 bits per heavy atom. The summed E-state index contributed by atoms with van der Waals surface area (Å²) in [4.78, 5) is 22.3. The Kier molecular flexibility index (Phi) is 6.31. The predicted octanol–water partition coefficient (Wildman–Crippen LogP) is 0.0258. The molecule has 110 valence electrons. The fraction of sp³-hybridized carbons (Fsp3) is 0.385. The third-order valence-electron chi connectivity index (χ3n) is 2.48. The molecule has 1 atom stereocenters. The van der Waals surface area contributed by atoms with E-state index in [1.807, 2.05) is 0 Å². The number of carbonyl (C=O) groups excluding carboxylic acids is 1. The quantitative estimate of drug-likeness (QED) is 0.621. The summed E-state index contributed by atoms with van der Waals surface area (Å²) in [5, 5.41) is 19.8. The largest absolute Gasteiger partial charge is 0.497 e. The van der Waals surface area contributed by atoms with E-state index in [2.05, 4.69) is 5.32 Å². The number of rotatable bonds is 8. The van der Waals surface area contributed by atoms with E-state index < -0.39 is 17.9 Å². The number of aliphatic hydroxyl groups excluding tert-OH is 1. The number of aliphatic hydroxyl groups is 1. The molecule has 0 saturated heterocycles. The Balaban J connectivity index is 2.43. The molecule has 3 N–H and O–H groups in total. The molecule has 0 aliphatic heterocycles. The van der Waals surface area contributed by atoms with Crippen LogP contribution in [0.1, 0.15) is 6.42 Å². The molecule has 1 aromatic carbocycles. The summed E-state index contributed by atoms with van der Waals surface area (Å²) >= 11 is 0. The zero-order valence-corrected chi connectivity index (χ0v) is 11.0. The Bertz CT molecular complexity index is 445. The van der Waals surface area contributed by atoms with E-state index >= 15 is 0 Å². The van der Waals surface area contributed by atoms with Crippen molar-refractivity contribution >= 4 is 11.9 Å². The fourth-order valence-electron chi connectivity index (χ4n) is 1.44. The van der Waals surface area contributed by atoms with E-state index in [4.69, 9.17) is 19.7 Å². The number of aliphatic carboxylic acids is 1. The Morgan fingerprint density at radius 3 is 2.35 bits per heavy atom. The van der Waals surface area contributed by atoms with E-state index in [0.717, 1.165) is 0 Å². The first-order valence-corrected chi connectivity index (χ1v) is 5.96. The molecular weight excluding hydrogens is 266 g/mol. The SMILES string of the molecule is COc1ccc(OCC(=O)NC(CCO)C(=O)O)cc1. The van der Waals surface area contributed by atoms with Crippen LogP contribution in [0.15, 0.2) is 24.3 Å². The van der Waals surface area contributed by atoms with Crippen molar-refractivity contribution in [2.75, 3.05) is 20.3 Å². The van der Waals surface area contributed by atoms with Crippen molar-refractivity contribution in [1.29, 1.82) is 0 Å². The highest BCUT2D eigenvalue weighted by molar-refractivity contribution is 5.84. The number of carbonyl (C=O) groups is 2. The zero-order chi connectivity index (χ0) is 15.0. The highest BCUT2D eigenvalue weighted by Gasteiger charge is 2.19. The molecule has 0 aliphatic carbocycles. The molecule has 1 amide bonds. The van der Waals surface area contributed by atoms with E-state index in [0.29, 0.717) is 11.5 Å². The average Bonchev–Trinajstić information content (AvgIpc) is 2.45. The molecule has 0 heterocycles. The molecule has 1 aromatic rings. The summed E-state index contributed by atoms with van der Waals surface area (Å²) in [6.45, 7) is -0.627. The highest BCUT2D eigenvalue weighted by atomic mass is 16.5. The average molecular weight is 283 g/mol. The maximum atomic E-state index is 11.5. The lowest BCUT2D eigenvalue weighted by Gasteiger charge is -2.13. The summed E-state index contributed by atoms with van der Waals surface area (Å²) in [6.07, 6.45) is -0.0520. The normalized spacial score (nSPS) is 11.5. The zero-order valence-electron chi connectivity index (χ0n) is 11.0. The van der Waals surface area contributed by atoms with Gasteiger partial charge in [0.05, 0.1) is 7.11 Å². The van der Waals surface area contributed by atoms with Crippen LogP contribution in [-0.2, 0) is 9.59 Å². The van der Waals surface area contributed by atoms with Crippen molar-refractivity contribution in [3.8, 4) is 11.5 Å². The number of benzene rings is 1. The van der Waals surface area contributed by atoms with Crippen molar-refractivity contribution in [3.63, 3.8) is 0 Å². The molecule has 7 nitrogen and oxygen atoms in total. The van der Waals surface area contributed by atoms with Crippen molar-refractivity contribution in [1.82, 2.24) is 5.32 Å². The van der Waals surface area contributed by atoms with Crippen LogP contribution in [0, 0.1) is 0 Å². The molecule has 0 radical (unpaired) electrons. The second-order valence-electron chi connectivity index (χ2n) is 3.93. The minimum Gasteiger partial charge on any atom is -0.497 e. The smallest absolute Gasteiger partial charge is 0.326 e. The minimum absolute atomic E-state index is 0.0520. The third-order valence-corrected chi connectivity index (χ3v) is 2.48. The van der Waals surface area contributed by atoms with Gasteiger partial charge in [0.1, 0.15) is 17.5 Å². The molecule has 1 rings (SSSR count). The van der Waals surface area contributed by atoms with Crippen LogP contribution in [0.25, 0.3) is 0 Å². The molecule has 0 bridgehead atoms. The van der Waals surface area contributed by atoms with Crippen LogP contribution >= 0.6 is 0 Å². The third kappa shape index (κ3) is 5.15. The number of hydrogen-bond donors (Lipinski definition) is 3. The summed E-state index contributed by atoms with van der Waals surface area (Å²) in [5.74, 6) is -0.635. The van der Waals surface area contributed by atoms with Crippen LogP contribution in [-0.4, -0.2) is 48.5 Å². The van der Waals surface area contributed by atoms with Crippen LogP contribution in [0.2, 0.25) is 0 Å². The van der Waals surface area contributed by atoms with Gasteiger partial charge in [0.15, 0.2) is 6.61 Å². The summed E-state index contributed by atoms with van der Waals surface area (Å²) in [5.41, 5.74) is 0. The number of methoxy groups -OCH3 is 1. The molecule has 0 aromatic heterocycles. The van der Waals surface area contributed by atoms with Crippen LogP contribution in [0.4, 0.5) is 0 Å². The van der Waals surface area contributed by atoms with Gasteiger partial charge in [-0.15, -0.1) is 0 Å². The lowest BCUT2D eigenvalue weighted by molar-refractivity contribution is -0.142. The maximum absolute atomic E-state index is 11.5. The summed E-state index contributed by atoms with van der Waals surface area (Å²) < 4.78 is 10.2. The van der Waals surface area contributed by atoms with Gasteiger partial charge in [-0.1, -0.05) is 0 Å². The predicted molar refractivity (Wildman–Crippen MR) is 69.8 cm³/mol. The molecule has 0 fully saturated rings. The topological polar surface area (TPSA) is 105 Å². The first kappa shape index (κ1) is 15.8. The number of nitrogens with one attached hydrogen (secondary N) is 1. The number of carboxylic acids is 1. The van der Waals surface area contributed by atoms with E-state index in [-0.39, 0.29) is 19.6 Å². The molecule has 0 saturated carbocycles. The molecule has 1 unspecified atom stereocenters. The lowest BCUT2D eigenvalue weighted by atomic mass is 10.2. The number of carboxylic acid groups (broad SMARTS) is 1. The number of amides is 1. The van der Waals surface area contributed by atoms with Crippen LogP contribution in [0.5, 0.6) is 11.5 Å². The molecule has 0 aliphatic rings. The minimum atomic E-state index is -1.20. The summed E-state index contributed by atoms with van der Waals surface area (Å²) in [6, 6.07) is 5.51. The van der Waals surface area contributed by atoms with Gasteiger partial charge >= 0.3 is 5.97 Å². The molecular formula is C13H17NO6. The first-order valence-electron chi connectivity index (χ1n) is 5.96. The molecule has 0 spiro atoms. The van der Waals surface area contributed by atoms with Crippen molar-refractivity contribution in [3.05, 3.63) is 24.3 Å². The maximum Gasteiger partial charge on any atom is 0.326 e. The molecule has 20 heavy (non-hydrogen) atoms. The van der Waals surface area contributed by atoms with Crippen molar-refractivity contribution in [2.45, 2.75) is 12.5 Å². The standard InChI is InChI=1S/C13H17NO6/c1-19-9-2-4-10(5-3-9)20-8-12(16)14-11(6-7-15)13(17)18/h2-5,11,15H,6-8H2,1H3,(H,14,16)(H,17,18). The van der Waals surface area contributed by atoms with E-state index in [1.54, 1.807) is 24.3 Å². The van der Waals surface area contributed by atoms with Gasteiger partial charge < -0.3 is 25.0 Å². The Labute approximate surface area is 116 Å². The number of ether oxygens (including phenoxy) is 2. The lowest BCUT2D eigenvalue weighted by Crippen LogP contribution is -2.43. The van der Waals surface area contributed by atoms with Gasteiger partial charge in [0, 0.05) is 13.0 Å². The molecule has 7 heteroatoms. The van der Waals surface area contributed by atoms with Crippen LogP contribution < -0.4 is 14.8 Å². The van der Waals surface area contributed by atoms with Gasteiger partial charge in [0.25, 0.3) is 5.91 Å². The van der Waals surface area contributed by atoms with E-state index in [1.165, 1.54) is 7.11 Å².